The van der Waals surface area contributed by atoms with Gasteiger partial charge in [-0.05, 0) is 50.3 Å². The van der Waals surface area contributed by atoms with Gasteiger partial charge in [0.2, 0.25) is 0 Å². The number of rotatable bonds is 7. The zero-order valence-electron chi connectivity index (χ0n) is 22.1. The minimum Gasteiger partial charge on any atom is -0.491 e. The van der Waals surface area contributed by atoms with E-state index in [2.05, 4.69) is 17.4 Å². The molecule has 0 fully saturated rings. The molecule has 0 bridgehead atoms. The Morgan fingerprint density at radius 2 is 1.58 bits per heavy atom. The van der Waals surface area contributed by atoms with E-state index in [1.54, 1.807) is 0 Å². The highest BCUT2D eigenvalue weighted by Crippen LogP contribution is 2.47. The second-order valence-electron chi connectivity index (χ2n) is 10.2. The average molecular weight is 508 g/mol. The summed E-state index contributed by atoms with van der Waals surface area (Å²) in [6, 6.07) is 27.4. The standard InChI is InChI=1S/C33H33NO4/c1-21(2)38-29-17-11-10-16-26(29)31-30(33(36)37-20-23-12-6-4-7-13-23)22(3)34-27-18-25(19-28(35)32(27)31)24-14-8-5-9-15-24/h4-17,21,25,31,34H,18-20H2,1-3H3. The zero-order valence-corrected chi connectivity index (χ0v) is 22.1. The van der Waals surface area contributed by atoms with Crippen LogP contribution in [-0.4, -0.2) is 17.9 Å². The summed E-state index contributed by atoms with van der Waals surface area (Å²) >= 11 is 0. The van der Waals surface area contributed by atoms with Crippen LogP contribution in [0.4, 0.5) is 0 Å². The highest BCUT2D eigenvalue weighted by atomic mass is 16.5. The second-order valence-corrected chi connectivity index (χ2v) is 10.2. The fourth-order valence-corrected chi connectivity index (χ4v) is 5.46. The number of benzene rings is 3. The summed E-state index contributed by atoms with van der Waals surface area (Å²) in [7, 11) is 0. The van der Waals surface area contributed by atoms with E-state index < -0.39 is 11.9 Å². The van der Waals surface area contributed by atoms with Crippen molar-refractivity contribution in [2.24, 2.45) is 0 Å². The van der Waals surface area contributed by atoms with Crippen LogP contribution in [0.25, 0.3) is 0 Å². The first kappa shape index (κ1) is 25.5. The molecule has 38 heavy (non-hydrogen) atoms. The van der Waals surface area contributed by atoms with Crippen LogP contribution in [-0.2, 0) is 20.9 Å². The molecule has 3 aromatic rings. The first-order valence-electron chi connectivity index (χ1n) is 13.2. The zero-order chi connectivity index (χ0) is 26.6. The molecule has 0 saturated carbocycles. The van der Waals surface area contributed by atoms with E-state index in [9.17, 15) is 9.59 Å². The van der Waals surface area contributed by atoms with E-state index in [0.29, 0.717) is 35.4 Å². The maximum absolute atomic E-state index is 13.9. The molecule has 0 radical (unpaired) electrons. The molecule has 5 rings (SSSR count). The molecular formula is C33H33NO4. The Hall–Kier alpha value is -4.12. The minimum absolute atomic E-state index is 0.0396. The van der Waals surface area contributed by atoms with Crippen molar-refractivity contribution < 1.29 is 19.1 Å². The lowest BCUT2D eigenvalue weighted by molar-refractivity contribution is -0.140. The number of para-hydroxylation sites is 1. The van der Waals surface area contributed by atoms with Gasteiger partial charge >= 0.3 is 5.97 Å². The SMILES string of the molecule is CC1=C(C(=O)OCc2ccccc2)C(c2ccccc2OC(C)C)C2=C(CC(c3ccccc3)CC2=O)N1. The van der Waals surface area contributed by atoms with Crippen LogP contribution in [0.3, 0.4) is 0 Å². The van der Waals surface area contributed by atoms with Crippen LogP contribution >= 0.6 is 0 Å². The summed E-state index contributed by atoms with van der Waals surface area (Å²) in [5, 5.41) is 3.43. The second kappa shape index (κ2) is 11.1. The molecule has 1 aliphatic heterocycles. The van der Waals surface area contributed by atoms with Gasteiger partial charge in [0.25, 0.3) is 0 Å². The monoisotopic (exact) mass is 507 g/mol. The number of Topliss-reactive ketones (excluding diaryl/α,β-unsaturated/α-hetero) is 1. The average Bonchev–Trinajstić information content (AvgIpc) is 2.92. The molecule has 2 unspecified atom stereocenters. The van der Waals surface area contributed by atoms with Crippen molar-refractivity contribution in [2.45, 2.75) is 58.2 Å². The summed E-state index contributed by atoms with van der Waals surface area (Å²) in [5.74, 6) is -0.225. The van der Waals surface area contributed by atoms with Crippen molar-refractivity contribution in [3.05, 3.63) is 124 Å². The Bertz CT molecular complexity index is 1390. The van der Waals surface area contributed by atoms with Gasteiger partial charge in [0.05, 0.1) is 17.6 Å². The van der Waals surface area contributed by atoms with Gasteiger partial charge in [0, 0.05) is 29.0 Å². The van der Waals surface area contributed by atoms with Crippen molar-refractivity contribution in [2.75, 3.05) is 0 Å². The van der Waals surface area contributed by atoms with Gasteiger partial charge in [-0.25, -0.2) is 4.79 Å². The van der Waals surface area contributed by atoms with Crippen molar-refractivity contribution in [3.63, 3.8) is 0 Å². The first-order chi connectivity index (χ1) is 18.4. The highest BCUT2D eigenvalue weighted by molar-refractivity contribution is 6.04. The van der Waals surface area contributed by atoms with E-state index in [1.807, 2.05) is 93.6 Å². The van der Waals surface area contributed by atoms with Crippen LogP contribution in [0.2, 0.25) is 0 Å². The molecule has 1 N–H and O–H groups in total. The Labute approximate surface area is 224 Å². The Balaban J connectivity index is 1.56. The third-order valence-corrected chi connectivity index (χ3v) is 7.12. The topological polar surface area (TPSA) is 64.6 Å². The number of ether oxygens (including phenoxy) is 2. The number of carbonyl (C=O) groups is 2. The predicted molar refractivity (Wildman–Crippen MR) is 147 cm³/mol. The molecule has 2 atom stereocenters. The van der Waals surface area contributed by atoms with Gasteiger partial charge in [-0.3, -0.25) is 4.79 Å². The maximum Gasteiger partial charge on any atom is 0.337 e. The summed E-state index contributed by atoms with van der Waals surface area (Å²) in [6.45, 7) is 5.98. The molecule has 0 aromatic heterocycles. The number of hydrogen-bond donors (Lipinski definition) is 1. The summed E-state index contributed by atoms with van der Waals surface area (Å²) in [5.41, 5.74) is 5.50. The lowest BCUT2D eigenvalue weighted by atomic mass is 9.71. The van der Waals surface area contributed by atoms with E-state index in [-0.39, 0.29) is 24.4 Å². The molecule has 2 aliphatic rings. The lowest BCUT2D eigenvalue weighted by Gasteiger charge is -2.37. The van der Waals surface area contributed by atoms with Crippen LogP contribution in [0.15, 0.2) is 107 Å². The van der Waals surface area contributed by atoms with Gasteiger partial charge in [0.15, 0.2) is 5.78 Å². The van der Waals surface area contributed by atoms with Crippen molar-refractivity contribution in [1.82, 2.24) is 5.32 Å². The molecular weight excluding hydrogens is 474 g/mol. The Morgan fingerprint density at radius 3 is 2.29 bits per heavy atom. The Kier molecular flexibility index (Phi) is 7.45. The van der Waals surface area contributed by atoms with Gasteiger partial charge in [-0.1, -0.05) is 78.9 Å². The van der Waals surface area contributed by atoms with E-state index in [0.717, 1.165) is 22.4 Å². The number of ketones is 1. The highest BCUT2D eigenvalue weighted by Gasteiger charge is 2.42. The lowest BCUT2D eigenvalue weighted by Crippen LogP contribution is -2.36. The molecule has 5 nitrogen and oxygen atoms in total. The quantitative estimate of drug-likeness (QED) is 0.366. The number of esters is 1. The summed E-state index contributed by atoms with van der Waals surface area (Å²) in [6.07, 6.45) is 1.02. The van der Waals surface area contributed by atoms with Crippen LogP contribution in [0.1, 0.15) is 62.1 Å². The predicted octanol–water partition coefficient (Wildman–Crippen LogP) is 6.58. The van der Waals surface area contributed by atoms with Crippen LogP contribution in [0.5, 0.6) is 5.75 Å². The van der Waals surface area contributed by atoms with E-state index in [4.69, 9.17) is 9.47 Å². The molecule has 0 spiro atoms. The summed E-state index contributed by atoms with van der Waals surface area (Å²) < 4.78 is 12.0. The van der Waals surface area contributed by atoms with E-state index in [1.165, 1.54) is 0 Å². The third kappa shape index (κ3) is 5.28. The normalized spacial score (nSPS) is 19.2. The molecule has 1 aliphatic carbocycles. The van der Waals surface area contributed by atoms with Crippen LogP contribution in [0, 0.1) is 0 Å². The molecule has 3 aromatic carbocycles. The third-order valence-electron chi connectivity index (χ3n) is 7.12. The van der Waals surface area contributed by atoms with Gasteiger partial charge in [0.1, 0.15) is 12.4 Å². The molecule has 5 heteroatoms. The van der Waals surface area contributed by atoms with Gasteiger partial charge < -0.3 is 14.8 Å². The summed E-state index contributed by atoms with van der Waals surface area (Å²) in [4.78, 5) is 27.5. The Morgan fingerprint density at radius 1 is 0.921 bits per heavy atom. The van der Waals surface area contributed by atoms with Gasteiger partial charge in [-0.2, -0.15) is 0 Å². The number of carbonyl (C=O) groups excluding carboxylic acids is 2. The number of hydrogen-bond acceptors (Lipinski definition) is 5. The number of dihydropyridines is 1. The maximum atomic E-state index is 13.9. The van der Waals surface area contributed by atoms with Crippen molar-refractivity contribution in [1.29, 1.82) is 0 Å². The van der Waals surface area contributed by atoms with Crippen LogP contribution < -0.4 is 10.1 Å². The first-order valence-corrected chi connectivity index (χ1v) is 13.2. The van der Waals surface area contributed by atoms with Crippen molar-refractivity contribution in [3.8, 4) is 5.75 Å². The molecule has 194 valence electrons. The largest absolute Gasteiger partial charge is 0.491 e. The molecule has 0 amide bonds. The fraction of sp³-hybridized carbons (Fsp3) is 0.273. The fourth-order valence-electron chi connectivity index (χ4n) is 5.46. The minimum atomic E-state index is -0.575. The number of allylic oxidation sites excluding steroid dienone is 3. The number of nitrogens with one attached hydrogen (secondary N) is 1. The smallest absolute Gasteiger partial charge is 0.337 e. The molecule has 0 saturated heterocycles. The van der Waals surface area contributed by atoms with E-state index >= 15 is 0 Å². The van der Waals surface area contributed by atoms with Crippen molar-refractivity contribution >= 4 is 11.8 Å². The van der Waals surface area contributed by atoms with Gasteiger partial charge in [-0.15, -0.1) is 0 Å². The molecule has 1 heterocycles.